The summed E-state index contributed by atoms with van der Waals surface area (Å²) in [6, 6.07) is 8.30. The molecule has 19 heavy (non-hydrogen) atoms. The highest BCUT2D eigenvalue weighted by atomic mass is 16.5. The lowest BCUT2D eigenvalue weighted by atomic mass is 10.1. The molecule has 104 valence electrons. The Hall–Kier alpha value is -1.39. The van der Waals surface area contributed by atoms with E-state index in [0.29, 0.717) is 6.42 Å². The van der Waals surface area contributed by atoms with Crippen molar-refractivity contribution < 1.29 is 14.6 Å². The minimum absolute atomic E-state index is 0.202. The molecule has 1 aromatic rings. The fraction of sp³-hybridized carbons (Fsp3) is 0.533. The number of morpholine rings is 1. The van der Waals surface area contributed by atoms with Gasteiger partial charge in [-0.15, -0.1) is 0 Å². The average Bonchev–Trinajstić information content (AvgIpc) is 2.45. The third-order valence-electron chi connectivity index (χ3n) is 3.47. The van der Waals surface area contributed by atoms with Gasteiger partial charge in [0.2, 0.25) is 0 Å². The van der Waals surface area contributed by atoms with Gasteiger partial charge in [0.1, 0.15) is 0 Å². The van der Waals surface area contributed by atoms with Gasteiger partial charge in [-0.25, -0.2) is 0 Å². The normalized spacial score (nSPS) is 16.4. The summed E-state index contributed by atoms with van der Waals surface area (Å²) in [5, 5.41) is 8.64. The third kappa shape index (κ3) is 5.01. The van der Waals surface area contributed by atoms with Crippen LogP contribution < -0.4 is 0 Å². The van der Waals surface area contributed by atoms with Crippen molar-refractivity contribution in [3.8, 4) is 0 Å². The Balaban J connectivity index is 1.76. The van der Waals surface area contributed by atoms with Crippen LogP contribution in [0.15, 0.2) is 24.3 Å². The van der Waals surface area contributed by atoms with Crippen LogP contribution in [0.5, 0.6) is 0 Å². The van der Waals surface area contributed by atoms with E-state index in [2.05, 4.69) is 17.0 Å². The lowest BCUT2D eigenvalue weighted by molar-refractivity contribution is -0.136. The van der Waals surface area contributed by atoms with E-state index in [1.807, 2.05) is 12.1 Å². The highest BCUT2D eigenvalue weighted by Crippen LogP contribution is 2.08. The van der Waals surface area contributed by atoms with Crippen molar-refractivity contribution in [2.45, 2.75) is 19.3 Å². The van der Waals surface area contributed by atoms with Gasteiger partial charge < -0.3 is 9.84 Å². The van der Waals surface area contributed by atoms with Crippen molar-refractivity contribution in [3.63, 3.8) is 0 Å². The predicted octanol–water partition coefficient (Wildman–Crippen LogP) is 1.58. The van der Waals surface area contributed by atoms with Crippen molar-refractivity contribution in [2.24, 2.45) is 0 Å². The van der Waals surface area contributed by atoms with E-state index in [1.54, 1.807) is 0 Å². The molecule has 0 saturated carbocycles. The Morgan fingerprint density at radius 1 is 1.11 bits per heavy atom. The minimum atomic E-state index is -0.739. The Labute approximate surface area is 114 Å². The third-order valence-corrected chi connectivity index (χ3v) is 3.47. The summed E-state index contributed by atoms with van der Waals surface area (Å²) in [4.78, 5) is 12.9. The summed E-state index contributed by atoms with van der Waals surface area (Å²) in [7, 11) is 0. The van der Waals surface area contributed by atoms with Crippen LogP contribution in [0, 0.1) is 0 Å². The fourth-order valence-corrected chi connectivity index (χ4v) is 2.24. The van der Waals surface area contributed by atoms with Crippen LogP contribution >= 0.6 is 0 Å². The van der Waals surface area contributed by atoms with Crippen LogP contribution in [-0.2, 0) is 22.4 Å². The lowest BCUT2D eigenvalue weighted by Crippen LogP contribution is -2.37. The minimum Gasteiger partial charge on any atom is -0.481 e. The molecule has 1 aromatic carbocycles. The molecule has 0 atom stereocenters. The van der Waals surface area contributed by atoms with Crippen molar-refractivity contribution in [1.82, 2.24) is 4.90 Å². The number of nitrogens with zero attached hydrogens (tertiary/aromatic N) is 1. The summed E-state index contributed by atoms with van der Waals surface area (Å²) in [5.41, 5.74) is 2.41. The number of carboxylic acids is 1. The van der Waals surface area contributed by atoms with Gasteiger partial charge in [-0.1, -0.05) is 24.3 Å². The van der Waals surface area contributed by atoms with E-state index in [1.165, 1.54) is 5.56 Å². The number of aryl methyl sites for hydroxylation is 1. The van der Waals surface area contributed by atoms with Crippen molar-refractivity contribution in [2.75, 3.05) is 32.8 Å². The number of hydrogen-bond acceptors (Lipinski definition) is 3. The number of carboxylic acid groups (broad SMARTS) is 1. The maximum absolute atomic E-state index is 10.5. The van der Waals surface area contributed by atoms with Gasteiger partial charge in [0.25, 0.3) is 0 Å². The first-order valence-corrected chi connectivity index (χ1v) is 6.84. The van der Waals surface area contributed by atoms with Crippen molar-refractivity contribution >= 4 is 5.97 Å². The summed E-state index contributed by atoms with van der Waals surface area (Å²) in [6.07, 6.45) is 1.85. The molecule has 0 unspecified atom stereocenters. The van der Waals surface area contributed by atoms with Crippen molar-refractivity contribution in [1.29, 1.82) is 0 Å². The molecule has 1 aliphatic heterocycles. The van der Waals surface area contributed by atoms with Gasteiger partial charge in [-0.3, -0.25) is 9.69 Å². The van der Waals surface area contributed by atoms with Gasteiger partial charge in [0, 0.05) is 26.1 Å². The number of rotatable bonds is 6. The second kappa shape index (κ2) is 7.26. The Morgan fingerprint density at radius 2 is 1.68 bits per heavy atom. The van der Waals surface area contributed by atoms with E-state index >= 15 is 0 Å². The van der Waals surface area contributed by atoms with Gasteiger partial charge in [0.05, 0.1) is 13.2 Å². The van der Waals surface area contributed by atoms with E-state index in [4.69, 9.17) is 9.84 Å². The van der Waals surface area contributed by atoms with Crippen molar-refractivity contribution in [3.05, 3.63) is 35.4 Å². The van der Waals surface area contributed by atoms with Crippen LogP contribution in [0.4, 0.5) is 0 Å². The van der Waals surface area contributed by atoms with Gasteiger partial charge >= 0.3 is 5.97 Å². The van der Waals surface area contributed by atoms with Gasteiger partial charge in [-0.05, 0) is 24.0 Å². The summed E-state index contributed by atoms with van der Waals surface area (Å²) < 4.78 is 5.32. The van der Waals surface area contributed by atoms with E-state index in [0.717, 1.165) is 44.8 Å². The fourth-order valence-electron chi connectivity index (χ4n) is 2.24. The first kappa shape index (κ1) is 14.0. The standard InChI is InChI=1S/C15H21NO3/c17-15(18)6-5-13-1-3-14(4-2-13)7-8-16-9-11-19-12-10-16/h1-4H,5-12H2,(H,17,18). The zero-order valence-corrected chi connectivity index (χ0v) is 11.2. The van der Waals surface area contributed by atoms with Gasteiger partial charge in [-0.2, -0.15) is 0 Å². The largest absolute Gasteiger partial charge is 0.481 e. The summed E-state index contributed by atoms with van der Waals surface area (Å²) in [6.45, 7) is 4.80. The molecule has 0 radical (unpaired) electrons. The zero-order chi connectivity index (χ0) is 13.5. The van der Waals surface area contributed by atoms with Crippen LogP contribution in [0.25, 0.3) is 0 Å². The second-order valence-corrected chi connectivity index (χ2v) is 4.91. The zero-order valence-electron chi connectivity index (χ0n) is 11.2. The number of benzene rings is 1. The second-order valence-electron chi connectivity index (χ2n) is 4.91. The van der Waals surface area contributed by atoms with E-state index < -0.39 is 5.97 Å². The molecule has 1 N–H and O–H groups in total. The maximum Gasteiger partial charge on any atom is 0.303 e. The molecule has 1 fully saturated rings. The molecular weight excluding hydrogens is 242 g/mol. The average molecular weight is 263 g/mol. The predicted molar refractivity (Wildman–Crippen MR) is 73.4 cm³/mol. The van der Waals surface area contributed by atoms with E-state index in [9.17, 15) is 4.79 Å². The molecule has 0 spiro atoms. The van der Waals surface area contributed by atoms with Crippen LogP contribution in [0.2, 0.25) is 0 Å². The molecular formula is C15H21NO3. The first-order valence-electron chi connectivity index (χ1n) is 6.84. The summed E-state index contributed by atoms with van der Waals surface area (Å²) in [5.74, 6) is -0.739. The quantitative estimate of drug-likeness (QED) is 0.846. The van der Waals surface area contributed by atoms with Gasteiger partial charge in [0.15, 0.2) is 0 Å². The number of aliphatic carboxylic acids is 1. The smallest absolute Gasteiger partial charge is 0.303 e. The Morgan fingerprint density at radius 3 is 2.26 bits per heavy atom. The number of carbonyl (C=O) groups is 1. The topological polar surface area (TPSA) is 49.8 Å². The number of hydrogen-bond donors (Lipinski definition) is 1. The lowest BCUT2D eigenvalue weighted by Gasteiger charge is -2.26. The molecule has 2 rings (SSSR count). The van der Waals surface area contributed by atoms with Crippen LogP contribution in [-0.4, -0.2) is 48.8 Å². The Bertz CT molecular complexity index is 396. The monoisotopic (exact) mass is 263 g/mol. The maximum atomic E-state index is 10.5. The van der Waals surface area contributed by atoms with E-state index in [-0.39, 0.29) is 6.42 Å². The molecule has 0 amide bonds. The highest BCUT2D eigenvalue weighted by Gasteiger charge is 2.09. The molecule has 1 saturated heterocycles. The molecule has 0 aromatic heterocycles. The molecule has 1 heterocycles. The first-order chi connectivity index (χ1) is 9.24. The highest BCUT2D eigenvalue weighted by molar-refractivity contribution is 5.67. The molecule has 4 nitrogen and oxygen atoms in total. The molecule has 4 heteroatoms. The molecule has 1 aliphatic rings. The summed E-state index contributed by atoms with van der Waals surface area (Å²) >= 11 is 0. The molecule has 0 bridgehead atoms. The molecule has 0 aliphatic carbocycles. The SMILES string of the molecule is O=C(O)CCc1ccc(CCN2CCOCC2)cc1. The van der Waals surface area contributed by atoms with Crippen LogP contribution in [0.3, 0.4) is 0 Å². The van der Waals surface area contributed by atoms with Crippen LogP contribution in [0.1, 0.15) is 17.5 Å². The Kier molecular flexibility index (Phi) is 5.36. The number of ether oxygens (including phenoxy) is 1.